The fourth-order valence-corrected chi connectivity index (χ4v) is 4.88. The van der Waals surface area contributed by atoms with Crippen LogP contribution in [-0.2, 0) is 19.1 Å². The molecular weight excluding hydrogens is 416 g/mol. The molecule has 3 N–H and O–H groups in total. The standard InChI is InChI=1S/C26H26N4OS/c1-17-5-6-18(14-27)10-23(17)25(31)29-26(7-8-26)22-12-19(21-15-28-30(2)16-21)11-20(13-22)24-4-3-9-32-24/h3-6,9-13,15-16H,7-8,14,27H2,1-2H3,(H,29,31). The van der Waals surface area contributed by atoms with Crippen molar-refractivity contribution in [1.82, 2.24) is 15.1 Å². The molecule has 162 valence electrons. The molecule has 2 aromatic heterocycles. The van der Waals surface area contributed by atoms with Crippen LogP contribution in [0.2, 0.25) is 0 Å². The van der Waals surface area contributed by atoms with Crippen LogP contribution in [-0.4, -0.2) is 15.7 Å². The first kappa shape index (κ1) is 20.7. The van der Waals surface area contributed by atoms with Crippen molar-refractivity contribution in [2.45, 2.75) is 31.8 Å². The van der Waals surface area contributed by atoms with Gasteiger partial charge in [0.05, 0.1) is 11.7 Å². The first-order valence-electron chi connectivity index (χ1n) is 10.8. The molecule has 0 saturated heterocycles. The molecule has 0 aliphatic heterocycles. The normalized spacial score (nSPS) is 14.3. The van der Waals surface area contributed by atoms with Crippen molar-refractivity contribution in [2.75, 3.05) is 0 Å². The van der Waals surface area contributed by atoms with Gasteiger partial charge < -0.3 is 11.1 Å². The summed E-state index contributed by atoms with van der Waals surface area (Å²) in [7, 11) is 1.92. The number of hydrogen-bond donors (Lipinski definition) is 2. The molecule has 1 saturated carbocycles. The maximum absolute atomic E-state index is 13.3. The van der Waals surface area contributed by atoms with E-state index in [4.69, 9.17) is 5.73 Å². The second kappa shape index (κ2) is 8.04. The molecule has 6 heteroatoms. The first-order chi connectivity index (χ1) is 15.5. The zero-order valence-corrected chi connectivity index (χ0v) is 19.1. The van der Waals surface area contributed by atoms with Crippen molar-refractivity contribution in [3.8, 4) is 21.6 Å². The SMILES string of the molecule is Cc1ccc(CN)cc1C(=O)NC1(c2cc(-c3cnn(C)c3)cc(-c3cccs3)c2)CC1. The summed E-state index contributed by atoms with van der Waals surface area (Å²) in [5.41, 5.74) is 12.6. The maximum atomic E-state index is 13.3. The minimum atomic E-state index is -0.341. The lowest BCUT2D eigenvalue weighted by molar-refractivity contribution is 0.0930. The molecule has 0 radical (unpaired) electrons. The molecule has 32 heavy (non-hydrogen) atoms. The molecule has 0 bridgehead atoms. The van der Waals surface area contributed by atoms with Gasteiger partial charge in [0.1, 0.15) is 0 Å². The number of rotatable bonds is 6. The number of nitrogens with one attached hydrogen (secondary N) is 1. The molecule has 0 atom stereocenters. The Balaban J connectivity index is 1.53. The van der Waals surface area contributed by atoms with Gasteiger partial charge in [-0.2, -0.15) is 5.10 Å². The third-order valence-corrected chi connectivity index (χ3v) is 7.13. The van der Waals surface area contributed by atoms with Gasteiger partial charge in [-0.05, 0) is 83.3 Å². The molecule has 1 fully saturated rings. The number of carbonyl (C=O) groups is 1. The van der Waals surface area contributed by atoms with Gasteiger partial charge in [0.2, 0.25) is 0 Å². The van der Waals surface area contributed by atoms with E-state index >= 15 is 0 Å². The molecule has 0 unspecified atom stereocenters. The molecule has 1 aliphatic carbocycles. The molecule has 1 aliphatic rings. The van der Waals surface area contributed by atoms with Crippen molar-refractivity contribution >= 4 is 17.2 Å². The quantitative estimate of drug-likeness (QED) is 0.441. The molecule has 2 heterocycles. The van der Waals surface area contributed by atoms with E-state index in [2.05, 4.69) is 46.1 Å². The van der Waals surface area contributed by atoms with E-state index in [1.807, 2.05) is 49.2 Å². The highest BCUT2D eigenvalue weighted by Gasteiger charge is 2.46. The Morgan fingerprint density at radius 1 is 1.16 bits per heavy atom. The molecule has 5 rings (SSSR count). The van der Waals surface area contributed by atoms with Gasteiger partial charge in [-0.3, -0.25) is 9.48 Å². The van der Waals surface area contributed by atoms with E-state index in [9.17, 15) is 4.79 Å². The van der Waals surface area contributed by atoms with Crippen LogP contribution >= 0.6 is 11.3 Å². The maximum Gasteiger partial charge on any atom is 0.252 e. The number of nitrogens with two attached hydrogens (primary N) is 1. The summed E-state index contributed by atoms with van der Waals surface area (Å²) in [5.74, 6) is -0.0419. The van der Waals surface area contributed by atoms with Crippen LogP contribution in [0.4, 0.5) is 0 Å². The number of amides is 1. The van der Waals surface area contributed by atoms with Crippen LogP contribution < -0.4 is 11.1 Å². The zero-order chi connectivity index (χ0) is 22.3. The smallest absolute Gasteiger partial charge is 0.252 e. The fourth-order valence-electron chi connectivity index (χ4n) is 4.16. The summed E-state index contributed by atoms with van der Waals surface area (Å²) in [5, 5.41) is 9.79. The monoisotopic (exact) mass is 442 g/mol. The summed E-state index contributed by atoms with van der Waals surface area (Å²) in [4.78, 5) is 14.5. The number of nitrogens with zero attached hydrogens (tertiary/aromatic N) is 2. The summed E-state index contributed by atoms with van der Waals surface area (Å²) < 4.78 is 1.81. The molecule has 0 spiro atoms. The van der Waals surface area contributed by atoms with Crippen LogP contribution in [0.1, 0.15) is 39.9 Å². The number of thiophene rings is 1. The van der Waals surface area contributed by atoms with Gasteiger partial charge in [-0.25, -0.2) is 0 Å². The Morgan fingerprint density at radius 2 is 1.97 bits per heavy atom. The minimum Gasteiger partial charge on any atom is -0.343 e. The van der Waals surface area contributed by atoms with E-state index in [1.165, 1.54) is 4.88 Å². The van der Waals surface area contributed by atoms with Crippen LogP contribution in [0.25, 0.3) is 21.6 Å². The predicted molar refractivity (Wildman–Crippen MR) is 129 cm³/mol. The number of aromatic nitrogens is 2. The molecular formula is C26H26N4OS. The van der Waals surface area contributed by atoms with Crippen molar-refractivity contribution in [3.05, 3.63) is 88.6 Å². The fraction of sp³-hybridized carbons (Fsp3) is 0.231. The highest BCUT2D eigenvalue weighted by Crippen LogP contribution is 2.48. The van der Waals surface area contributed by atoms with Gasteiger partial charge in [-0.1, -0.05) is 18.2 Å². The molecule has 1 amide bonds. The van der Waals surface area contributed by atoms with Crippen molar-refractivity contribution < 1.29 is 4.79 Å². The third kappa shape index (κ3) is 3.87. The summed E-state index contributed by atoms with van der Waals surface area (Å²) >= 11 is 1.72. The van der Waals surface area contributed by atoms with Gasteiger partial charge in [-0.15, -0.1) is 11.3 Å². The summed E-state index contributed by atoms with van der Waals surface area (Å²) in [6.07, 6.45) is 5.76. The van der Waals surface area contributed by atoms with E-state index in [0.717, 1.165) is 46.2 Å². The molecule has 5 nitrogen and oxygen atoms in total. The molecule has 4 aromatic rings. The van der Waals surface area contributed by atoms with Crippen molar-refractivity contribution in [1.29, 1.82) is 0 Å². The lowest BCUT2D eigenvalue weighted by Crippen LogP contribution is -2.35. The highest BCUT2D eigenvalue weighted by atomic mass is 32.1. The summed E-state index contributed by atoms with van der Waals surface area (Å²) in [6.45, 7) is 2.38. The van der Waals surface area contributed by atoms with E-state index in [-0.39, 0.29) is 11.4 Å². The Kier molecular flexibility index (Phi) is 5.19. The first-order valence-corrected chi connectivity index (χ1v) is 11.7. The minimum absolute atomic E-state index is 0.0419. The zero-order valence-electron chi connectivity index (χ0n) is 18.3. The van der Waals surface area contributed by atoms with E-state index in [1.54, 1.807) is 11.3 Å². The number of hydrogen-bond acceptors (Lipinski definition) is 4. The molecule has 2 aromatic carbocycles. The van der Waals surface area contributed by atoms with Gasteiger partial charge in [0, 0.05) is 35.8 Å². The Morgan fingerprint density at radius 3 is 2.62 bits per heavy atom. The average molecular weight is 443 g/mol. The van der Waals surface area contributed by atoms with Crippen LogP contribution in [0.15, 0.2) is 66.3 Å². The van der Waals surface area contributed by atoms with Crippen molar-refractivity contribution in [2.24, 2.45) is 12.8 Å². The number of aryl methyl sites for hydroxylation is 2. The Labute approximate surface area is 191 Å². The second-order valence-electron chi connectivity index (χ2n) is 8.57. The van der Waals surface area contributed by atoms with E-state index < -0.39 is 0 Å². The van der Waals surface area contributed by atoms with Crippen LogP contribution in [0.3, 0.4) is 0 Å². The highest BCUT2D eigenvalue weighted by molar-refractivity contribution is 7.13. The predicted octanol–water partition coefficient (Wildman–Crippen LogP) is 5.00. The lowest BCUT2D eigenvalue weighted by Gasteiger charge is -2.21. The third-order valence-electron chi connectivity index (χ3n) is 6.21. The van der Waals surface area contributed by atoms with Gasteiger partial charge in [0.25, 0.3) is 5.91 Å². The van der Waals surface area contributed by atoms with Gasteiger partial charge in [0.15, 0.2) is 0 Å². The van der Waals surface area contributed by atoms with Gasteiger partial charge >= 0.3 is 0 Å². The number of benzene rings is 2. The van der Waals surface area contributed by atoms with Crippen LogP contribution in [0, 0.1) is 6.92 Å². The lowest BCUT2D eigenvalue weighted by atomic mass is 9.95. The van der Waals surface area contributed by atoms with E-state index in [0.29, 0.717) is 12.1 Å². The largest absolute Gasteiger partial charge is 0.343 e. The van der Waals surface area contributed by atoms with Crippen molar-refractivity contribution in [3.63, 3.8) is 0 Å². The topological polar surface area (TPSA) is 72.9 Å². The van der Waals surface area contributed by atoms with Crippen LogP contribution in [0.5, 0.6) is 0 Å². The average Bonchev–Trinajstić information content (AvgIpc) is 3.17. The number of carbonyl (C=O) groups excluding carboxylic acids is 1. The Hall–Kier alpha value is -3.22. The Bertz CT molecular complexity index is 1290. The summed E-state index contributed by atoms with van der Waals surface area (Å²) in [6, 6.07) is 16.7. The second-order valence-corrected chi connectivity index (χ2v) is 9.52.